The number of aromatic nitrogens is 2. The Morgan fingerprint density at radius 2 is 2.14 bits per heavy atom. The second-order valence-electron chi connectivity index (χ2n) is 4.64. The van der Waals surface area contributed by atoms with Gasteiger partial charge in [0.05, 0.1) is 36.4 Å². The predicted octanol–water partition coefficient (Wildman–Crippen LogP) is 3.53. The van der Waals surface area contributed by atoms with Crippen LogP contribution in [0.1, 0.15) is 36.7 Å². The number of hydrogen-bond donors (Lipinski definition) is 1. The number of nitrogens with zero attached hydrogens (tertiary/aromatic N) is 3. The molecular formula is C17H18N4O. The van der Waals surface area contributed by atoms with Crippen molar-refractivity contribution in [1.82, 2.24) is 9.97 Å². The van der Waals surface area contributed by atoms with E-state index in [2.05, 4.69) is 21.4 Å². The number of rotatable bonds is 6. The molecule has 0 spiro atoms. The normalized spacial score (nSPS) is 11.9. The van der Waals surface area contributed by atoms with Gasteiger partial charge in [0.25, 0.3) is 0 Å². The molecule has 0 amide bonds. The van der Waals surface area contributed by atoms with E-state index in [1.807, 2.05) is 44.2 Å². The van der Waals surface area contributed by atoms with Gasteiger partial charge in [0, 0.05) is 0 Å². The lowest BCUT2D eigenvalue weighted by Crippen LogP contribution is -2.10. The summed E-state index contributed by atoms with van der Waals surface area (Å²) in [5, 5.41) is 12.3. The van der Waals surface area contributed by atoms with Crippen molar-refractivity contribution in [3.8, 4) is 6.07 Å². The zero-order valence-corrected chi connectivity index (χ0v) is 12.7. The number of hydrogen-bond acceptors (Lipinski definition) is 5. The zero-order chi connectivity index (χ0) is 15.8. The van der Waals surface area contributed by atoms with Crippen LogP contribution in [0.2, 0.25) is 0 Å². The fourth-order valence-corrected chi connectivity index (χ4v) is 1.91. The Morgan fingerprint density at radius 3 is 2.82 bits per heavy atom. The van der Waals surface area contributed by atoms with E-state index in [1.54, 1.807) is 6.08 Å². The van der Waals surface area contributed by atoms with Gasteiger partial charge in [-0.25, -0.2) is 9.97 Å². The van der Waals surface area contributed by atoms with Crippen LogP contribution in [0.3, 0.4) is 0 Å². The number of benzene rings is 1. The third-order valence-corrected chi connectivity index (χ3v) is 3.07. The summed E-state index contributed by atoms with van der Waals surface area (Å²) in [4.78, 5) is 8.55. The molecule has 0 fully saturated rings. The molecule has 0 bridgehead atoms. The van der Waals surface area contributed by atoms with Gasteiger partial charge < -0.3 is 10.1 Å². The Bertz CT molecular complexity index is 677. The molecule has 112 valence electrons. The third-order valence-electron chi connectivity index (χ3n) is 3.07. The second kappa shape index (κ2) is 7.79. The molecule has 22 heavy (non-hydrogen) atoms. The summed E-state index contributed by atoms with van der Waals surface area (Å²) in [6.07, 6.45) is 4.72. The van der Waals surface area contributed by atoms with Gasteiger partial charge >= 0.3 is 0 Å². The van der Waals surface area contributed by atoms with Crippen molar-refractivity contribution < 1.29 is 4.74 Å². The van der Waals surface area contributed by atoms with Gasteiger partial charge in [-0.1, -0.05) is 30.3 Å². The molecule has 0 aliphatic heterocycles. The van der Waals surface area contributed by atoms with Gasteiger partial charge in [-0.05, 0) is 25.5 Å². The molecule has 5 heteroatoms. The molecule has 1 aromatic heterocycles. The Kier molecular flexibility index (Phi) is 5.50. The van der Waals surface area contributed by atoms with Crippen LogP contribution in [0.5, 0.6) is 0 Å². The monoisotopic (exact) mass is 294 g/mol. The van der Waals surface area contributed by atoms with Crippen LogP contribution < -0.4 is 5.32 Å². The molecule has 2 rings (SSSR count). The van der Waals surface area contributed by atoms with Crippen molar-refractivity contribution in [3.63, 3.8) is 0 Å². The molecule has 0 aliphatic carbocycles. The van der Waals surface area contributed by atoms with Crippen LogP contribution in [0.4, 0.5) is 5.95 Å². The van der Waals surface area contributed by atoms with Crippen molar-refractivity contribution in [1.29, 1.82) is 5.26 Å². The second-order valence-corrected chi connectivity index (χ2v) is 4.64. The van der Waals surface area contributed by atoms with Gasteiger partial charge in [-0.15, -0.1) is 0 Å². The van der Waals surface area contributed by atoms with E-state index in [4.69, 9.17) is 10.00 Å². The molecule has 1 atom stereocenters. The maximum Gasteiger partial charge on any atom is 0.223 e. The first-order chi connectivity index (χ1) is 10.7. The largest absolute Gasteiger partial charge is 0.501 e. The van der Waals surface area contributed by atoms with Crippen molar-refractivity contribution in [3.05, 3.63) is 59.6 Å². The lowest BCUT2D eigenvalue weighted by Gasteiger charge is -2.14. The van der Waals surface area contributed by atoms with Crippen molar-refractivity contribution >= 4 is 12.0 Å². The van der Waals surface area contributed by atoms with E-state index < -0.39 is 0 Å². The van der Waals surface area contributed by atoms with Crippen molar-refractivity contribution in [2.24, 2.45) is 0 Å². The van der Waals surface area contributed by atoms with Crippen molar-refractivity contribution in [2.45, 2.75) is 19.9 Å². The van der Waals surface area contributed by atoms with Gasteiger partial charge in [-0.2, -0.15) is 5.26 Å². The van der Waals surface area contributed by atoms with Gasteiger partial charge in [0.15, 0.2) is 0 Å². The van der Waals surface area contributed by atoms with Crippen LogP contribution >= 0.6 is 0 Å². The van der Waals surface area contributed by atoms with E-state index in [-0.39, 0.29) is 6.04 Å². The highest BCUT2D eigenvalue weighted by molar-refractivity contribution is 5.54. The van der Waals surface area contributed by atoms with Gasteiger partial charge in [0.1, 0.15) is 6.07 Å². The summed E-state index contributed by atoms with van der Waals surface area (Å²) in [5.74, 6) is 0.478. The highest BCUT2D eigenvalue weighted by atomic mass is 16.5. The van der Waals surface area contributed by atoms with E-state index in [0.29, 0.717) is 23.8 Å². The number of nitriles is 1. The molecular weight excluding hydrogens is 276 g/mol. The third kappa shape index (κ3) is 4.06. The van der Waals surface area contributed by atoms with Crippen LogP contribution in [-0.4, -0.2) is 16.6 Å². The Morgan fingerprint density at radius 1 is 1.36 bits per heavy atom. The first kappa shape index (κ1) is 15.5. The summed E-state index contributed by atoms with van der Waals surface area (Å²) >= 11 is 0. The molecule has 0 unspecified atom stereocenters. The molecule has 1 N–H and O–H groups in total. The minimum Gasteiger partial charge on any atom is -0.501 e. The molecule has 1 heterocycles. The number of ether oxygens (including phenoxy) is 1. The standard InChI is InChI=1S/C17H18N4O/c1-3-22-10-9-16-15(11-18)12-19-17(21-16)20-13(2)14-7-5-4-6-8-14/h4-10,12-13H,3H2,1-2H3,(H,19,20,21)/t13-/m0/s1. The molecule has 1 aromatic carbocycles. The maximum atomic E-state index is 9.10. The van der Waals surface area contributed by atoms with E-state index in [9.17, 15) is 0 Å². The van der Waals surface area contributed by atoms with E-state index in [1.165, 1.54) is 12.5 Å². The van der Waals surface area contributed by atoms with Crippen LogP contribution in [0, 0.1) is 11.3 Å². The number of nitrogens with one attached hydrogen (secondary N) is 1. The first-order valence-electron chi connectivity index (χ1n) is 7.11. The number of anilines is 1. The van der Waals surface area contributed by atoms with Crippen LogP contribution in [0.25, 0.3) is 6.08 Å². The summed E-state index contributed by atoms with van der Waals surface area (Å²) in [7, 11) is 0. The minimum absolute atomic E-state index is 0.0675. The fraction of sp³-hybridized carbons (Fsp3) is 0.235. The zero-order valence-electron chi connectivity index (χ0n) is 12.7. The summed E-state index contributed by atoms with van der Waals surface area (Å²) in [5.41, 5.74) is 2.09. The molecule has 0 saturated heterocycles. The minimum atomic E-state index is 0.0675. The topological polar surface area (TPSA) is 70.8 Å². The molecule has 0 saturated carbocycles. The van der Waals surface area contributed by atoms with E-state index in [0.717, 1.165) is 5.56 Å². The summed E-state index contributed by atoms with van der Waals surface area (Å²) in [6.45, 7) is 4.50. The quantitative estimate of drug-likeness (QED) is 0.825. The van der Waals surface area contributed by atoms with Gasteiger partial charge in [-0.3, -0.25) is 0 Å². The maximum absolute atomic E-state index is 9.10. The average Bonchev–Trinajstić information content (AvgIpc) is 2.56. The highest BCUT2D eigenvalue weighted by Gasteiger charge is 2.09. The lowest BCUT2D eigenvalue weighted by atomic mass is 10.1. The molecule has 2 aromatic rings. The first-order valence-corrected chi connectivity index (χ1v) is 7.11. The highest BCUT2D eigenvalue weighted by Crippen LogP contribution is 2.17. The fourth-order valence-electron chi connectivity index (χ4n) is 1.91. The predicted molar refractivity (Wildman–Crippen MR) is 85.9 cm³/mol. The smallest absolute Gasteiger partial charge is 0.223 e. The Labute approximate surface area is 130 Å². The summed E-state index contributed by atoms with van der Waals surface area (Å²) in [6, 6.07) is 12.2. The SMILES string of the molecule is CCOC=Cc1nc(N[C@@H](C)c2ccccc2)ncc1C#N. The molecule has 0 radical (unpaired) electrons. The van der Waals surface area contributed by atoms with Crippen LogP contribution in [0.15, 0.2) is 42.8 Å². The Hall–Kier alpha value is -2.87. The summed E-state index contributed by atoms with van der Waals surface area (Å²) < 4.78 is 5.16. The lowest BCUT2D eigenvalue weighted by molar-refractivity contribution is 0.272. The van der Waals surface area contributed by atoms with Gasteiger partial charge in [0.2, 0.25) is 5.95 Å². The van der Waals surface area contributed by atoms with Crippen molar-refractivity contribution in [2.75, 3.05) is 11.9 Å². The van der Waals surface area contributed by atoms with E-state index >= 15 is 0 Å². The molecule has 0 aliphatic rings. The average molecular weight is 294 g/mol. The molecule has 5 nitrogen and oxygen atoms in total. The van der Waals surface area contributed by atoms with Crippen LogP contribution in [-0.2, 0) is 4.74 Å². The Balaban J connectivity index is 2.18.